The number of guanidine groups is 1. The topological polar surface area (TPSA) is 76.7 Å². The highest BCUT2D eigenvalue weighted by Gasteiger charge is 2.24. The molecule has 106 valence electrons. The minimum Gasteiger partial charge on any atom is -0.494 e. The lowest BCUT2D eigenvalue weighted by Gasteiger charge is -2.07. The lowest BCUT2D eigenvalue weighted by atomic mass is 10.2. The van der Waals surface area contributed by atoms with Crippen LogP contribution >= 0.6 is 24.8 Å². The number of amides is 1. The van der Waals surface area contributed by atoms with Gasteiger partial charge in [0, 0.05) is 6.42 Å². The van der Waals surface area contributed by atoms with Crippen LogP contribution in [-0.4, -0.2) is 24.5 Å². The van der Waals surface area contributed by atoms with E-state index >= 15 is 0 Å². The van der Waals surface area contributed by atoms with Gasteiger partial charge in [0.05, 0.1) is 6.61 Å². The number of aryl methyl sites for hydroxylation is 1. The van der Waals surface area contributed by atoms with E-state index in [0.717, 1.165) is 5.75 Å². The van der Waals surface area contributed by atoms with E-state index in [9.17, 15) is 4.79 Å². The molecule has 0 fully saturated rings. The van der Waals surface area contributed by atoms with Crippen LogP contribution in [0.5, 0.6) is 5.75 Å². The fourth-order valence-corrected chi connectivity index (χ4v) is 1.59. The lowest BCUT2D eigenvalue weighted by Crippen LogP contribution is -2.33. The Bertz CT molecular complexity index is 449. The molecular formula is C12H17Cl2N3O2. The summed E-state index contributed by atoms with van der Waals surface area (Å²) in [7, 11) is 0. The molecule has 1 amide bonds. The van der Waals surface area contributed by atoms with Crippen LogP contribution in [0.3, 0.4) is 0 Å². The summed E-state index contributed by atoms with van der Waals surface area (Å²) in [5.41, 5.74) is 6.58. The van der Waals surface area contributed by atoms with Crippen molar-refractivity contribution in [3.63, 3.8) is 0 Å². The smallest absolute Gasteiger partial charge is 0.251 e. The average molecular weight is 306 g/mol. The monoisotopic (exact) mass is 305 g/mol. The predicted molar refractivity (Wildman–Crippen MR) is 79.3 cm³/mol. The molecule has 3 N–H and O–H groups in total. The van der Waals surface area contributed by atoms with Crippen LogP contribution in [0.25, 0.3) is 0 Å². The van der Waals surface area contributed by atoms with Crippen molar-refractivity contribution in [3.05, 3.63) is 29.8 Å². The maximum Gasteiger partial charge on any atom is 0.251 e. The first kappa shape index (κ1) is 17.5. The highest BCUT2D eigenvalue weighted by atomic mass is 35.5. The molecule has 1 aromatic carbocycles. The van der Waals surface area contributed by atoms with Gasteiger partial charge in [0.15, 0.2) is 5.96 Å². The minimum absolute atomic E-state index is 0. The number of nitrogens with two attached hydrogens (primary N) is 1. The van der Waals surface area contributed by atoms with Gasteiger partial charge in [-0.25, -0.2) is 4.99 Å². The van der Waals surface area contributed by atoms with Crippen molar-refractivity contribution in [1.82, 2.24) is 5.32 Å². The van der Waals surface area contributed by atoms with Crippen molar-refractivity contribution in [2.24, 2.45) is 10.7 Å². The summed E-state index contributed by atoms with van der Waals surface area (Å²) in [5.74, 6) is 0.830. The van der Waals surface area contributed by atoms with Crippen LogP contribution in [-0.2, 0) is 4.79 Å². The molecule has 2 rings (SSSR count). The van der Waals surface area contributed by atoms with Gasteiger partial charge in [-0.05, 0) is 19.1 Å². The molecule has 1 aliphatic heterocycles. The zero-order chi connectivity index (χ0) is 12.3. The summed E-state index contributed by atoms with van der Waals surface area (Å²) < 4.78 is 5.52. The van der Waals surface area contributed by atoms with E-state index in [1.54, 1.807) is 0 Å². The number of benzene rings is 1. The molecule has 1 aliphatic rings. The number of carbonyl (C=O) groups excluding carboxylic acids is 1. The van der Waals surface area contributed by atoms with Crippen molar-refractivity contribution in [3.8, 4) is 5.75 Å². The maximum absolute atomic E-state index is 11.3. The summed E-state index contributed by atoms with van der Waals surface area (Å²) in [6.45, 7) is 2.46. The quantitative estimate of drug-likeness (QED) is 0.883. The largest absolute Gasteiger partial charge is 0.494 e. The summed E-state index contributed by atoms with van der Waals surface area (Å²) in [5, 5.41) is 2.46. The molecule has 0 aliphatic carbocycles. The van der Waals surface area contributed by atoms with Gasteiger partial charge >= 0.3 is 0 Å². The summed E-state index contributed by atoms with van der Waals surface area (Å²) in [6.07, 6.45) is 0.528. The van der Waals surface area contributed by atoms with Gasteiger partial charge < -0.3 is 10.5 Å². The second kappa shape index (κ2) is 7.86. The molecule has 19 heavy (non-hydrogen) atoms. The predicted octanol–water partition coefficient (Wildman–Crippen LogP) is 1.42. The SMILES string of the molecule is Cc1ccc(OCCC2N=C(N)NC2=O)cc1.Cl.Cl. The molecule has 1 unspecified atom stereocenters. The zero-order valence-corrected chi connectivity index (χ0v) is 12.1. The number of hydrogen-bond acceptors (Lipinski definition) is 4. The molecule has 1 aromatic rings. The van der Waals surface area contributed by atoms with Gasteiger partial charge in [-0.15, -0.1) is 24.8 Å². The number of ether oxygens (including phenoxy) is 1. The molecule has 1 atom stereocenters. The third-order valence-corrected chi connectivity index (χ3v) is 2.53. The maximum atomic E-state index is 11.3. The van der Waals surface area contributed by atoms with Crippen molar-refractivity contribution < 1.29 is 9.53 Å². The van der Waals surface area contributed by atoms with Gasteiger partial charge in [0.2, 0.25) is 0 Å². The van der Waals surface area contributed by atoms with E-state index in [1.807, 2.05) is 31.2 Å². The first-order valence-electron chi connectivity index (χ1n) is 5.49. The van der Waals surface area contributed by atoms with Crippen molar-refractivity contribution in [2.75, 3.05) is 6.61 Å². The Morgan fingerprint density at radius 3 is 2.47 bits per heavy atom. The second-order valence-electron chi connectivity index (χ2n) is 3.97. The van der Waals surface area contributed by atoms with E-state index in [1.165, 1.54) is 5.56 Å². The number of hydrogen-bond donors (Lipinski definition) is 2. The van der Waals surface area contributed by atoms with Gasteiger partial charge in [0.25, 0.3) is 5.91 Å². The Labute approximate surface area is 124 Å². The Morgan fingerprint density at radius 1 is 1.32 bits per heavy atom. The number of aliphatic imine (C=N–C) groups is 1. The van der Waals surface area contributed by atoms with Gasteiger partial charge in [0.1, 0.15) is 11.8 Å². The number of carbonyl (C=O) groups is 1. The van der Waals surface area contributed by atoms with Gasteiger partial charge in [-0.2, -0.15) is 0 Å². The van der Waals surface area contributed by atoms with Crippen LogP contribution in [0, 0.1) is 6.92 Å². The second-order valence-corrected chi connectivity index (χ2v) is 3.97. The Balaban J connectivity index is 0.00000162. The Hall–Kier alpha value is -1.46. The van der Waals surface area contributed by atoms with Gasteiger partial charge in [-0.1, -0.05) is 17.7 Å². The molecule has 0 saturated carbocycles. The van der Waals surface area contributed by atoms with Crippen LogP contribution in [0.1, 0.15) is 12.0 Å². The van der Waals surface area contributed by atoms with E-state index in [2.05, 4.69) is 10.3 Å². The van der Waals surface area contributed by atoms with E-state index in [4.69, 9.17) is 10.5 Å². The lowest BCUT2D eigenvalue weighted by molar-refractivity contribution is -0.120. The van der Waals surface area contributed by atoms with Crippen LogP contribution in [0.2, 0.25) is 0 Å². The molecule has 1 heterocycles. The fraction of sp³-hybridized carbons (Fsp3) is 0.333. The molecule has 0 aromatic heterocycles. The Kier molecular flexibility index (Phi) is 7.26. The number of nitrogens with one attached hydrogen (secondary N) is 1. The molecule has 0 saturated heterocycles. The summed E-state index contributed by atoms with van der Waals surface area (Å²) in [6, 6.07) is 7.35. The number of halogens is 2. The highest BCUT2D eigenvalue weighted by molar-refractivity contribution is 6.04. The number of nitrogens with zero attached hydrogens (tertiary/aromatic N) is 1. The Morgan fingerprint density at radius 2 is 1.95 bits per heavy atom. The third kappa shape index (κ3) is 4.96. The number of rotatable bonds is 4. The van der Waals surface area contributed by atoms with Gasteiger partial charge in [-0.3, -0.25) is 10.1 Å². The summed E-state index contributed by atoms with van der Waals surface area (Å²) >= 11 is 0. The zero-order valence-electron chi connectivity index (χ0n) is 10.5. The minimum atomic E-state index is -0.416. The average Bonchev–Trinajstić information content (AvgIpc) is 2.60. The first-order chi connectivity index (χ1) is 8.15. The van der Waals surface area contributed by atoms with E-state index in [-0.39, 0.29) is 36.7 Å². The molecular weight excluding hydrogens is 289 g/mol. The highest BCUT2D eigenvalue weighted by Crippen LogP contribution is 2.12. The van der Waals surface area contributed by atoms with Crippen molar-refractivity contribution >= 4 is 36.7 Å². The molecule has 7 heteroatoms. The van der Waals surface area contributed by atoms with E-state index < -0.39 is 6.04 Å². The fourth-order valence-electron chi connectivity index (χ4n) is 1.59. The molecule has 5 nitrogen and oxygen atoms in total. The third-order valence-electron chi connectivity index (χ3n) is 2.53. The molecule has 0 spiro atoms. The van der Waals surface area contributed by atoms with Crippen LogP contribution in [0.4, 0.5) is 0 Å². The van der Waals surface area contributed by atoms with Crippen molar-refractivity contribution in [2.45, 2.75) is 19.4 Å². The first-order valence-corrected chi connectivity index (χ1v) is 5.49. The molecule has 0 bridgehead atoms. The summed E-state index contributed by atoms with van der Waals surface area (Å²) in [4.78, 5) is 15.3. The van der Waals surface area contributed by atoms with Crippen LogP contribution < -0.4 is 15.8 Å². The van der Waals surface area contributed by atoms with Crippen molar-refractivity contribution in [1.29, 1.82) is 0 Å². The van der Waals surface area contributed by atoms with E-state index in [0.29, 0.717) is 13.0 Å². The standard InChI is InChI=1S/C12H15N3O2.2ClH/c1-8-2-4-9(5-3-8)17-7-6-10-11(16)15-12(13)14-10;;/h2-5,10H,6-7H2,1H3,(H3,13,14,15,16);2*1H. The normalized spacial score (nSPS) is 16.8. The molecule has 0 radical (unpaired) electrons. The van der Waals surface area contributed by atoms with Crippen LogP contribution in [0.15, 0.2) is 29.3 Å².